The summed E-state index contributed by atoms with van der Waals surface area (Å²) in [6.07, 6.45) is 0. The number of hydrogen-bond acceptors (Lipinski definition) is 7. The first kappa shape index (κ1) is 19.0. The van der Waals surface area contributed by atoms with Gasteiger partial charge in [-0.25, -0.2) is 4.79 Å². The molecule has 2 rings (SSSR count). The third-order valence-electron chi connectivity index (χ3n) is 3.39. The van der Waals surface area contributed by atoms with Crippen molar-refractivity contribution in [3.8, 4) is 0 Å². The van der Waals surface area contributed by atoms with Gasteiger partial charge >= 0.3 is 5.97 Å². The van der Waals surface area contributed by atoms with E-state index in [9.17, 15) is 4.79 Å². The van der Waals surface area contributed by atoms with Gasteiger partial charge in [0.25, 0.3) is 5.90 Å². The van der Waals surface area contributed by atoms with Crippen LogP contribution in [0.15, 0.2) is 64.9 Å². The van der Waals surface area contributed by atoms with Gasteiger partial charge in [-0.2, -0.15) is 0 Å². The monoisotopic (exact) mass is 356 g/mol. The van der Waals surface area contributed by atoms with Crippen LogP contribution in [0.4, 0.5) is 0 Å². The van der Waals surface area contributed by atoms with Gasteiger partial charge in [0.05, 0.1) is 14.2 Å². The van der Waals surface area contributed by atoms with E-state index < -0.39 is 5.97 Å². The van der Waals surface area contributed by atoms with E-state index in [4.69, 9.17) is 19.1 Å². The van der Waals surface area contributed by atoms with Crippen LogP contribution >= 0.6 is 0 Å². The molecule has 0 bridgehead atoms. The molecule has 0 atom stereocenters. The normalized spacial score (nSPS) is 11.7. The molecule has 0 heterocycles. The van der Waals surface area contributed by atoms with Crippen LogP contribution in [0.3, 0.4) is 0 Å². The van der Waals surface area contributed by atoms with Crippen molar-refractivity contribution < 1.29 is 23.9 Å². The minimum absolute atomic E-state index is 0.00147. The van der Waals surface area contributed by atoms with E-state index in [0.29, 0.717) is 11.1 Å². The maximum Gasteiger partial charge on any atom is 0.360 e. The van der Waals surface area contributed by atoms with Crippen LogP contribution < -0.4 is 0 Å². The average Bonchev–Trinajstić information content (AvgIpc) is 2.70. The van der Waals surface area contributed by atoms with Gasteiger partial charge in [-0.3, -0.25) is 0 Å². The third kappa shape index (κ3) is 4.83. The predicted octanol–water partition coefficient (Wildman–Crippen LogP) is 2.73. The highest BCUT2D eigenvalue weighted by molar-refractivity contribution is 6.44. The fraction of sp³-hybridized carbons (Fsp3) is 0.211. The van der Waals surface area contributed by atoms with Crippen molar-refractivity contribution in [3.05, 3.63) is 71.3 Å². The number of carbonyl (C=O) groups excluding carboxylic acids is 1. The Kier molecular flexibility index (Phi) is 7.17. The Morgan fingerprint density at radius 3 is 2.12 bits per heavy atom. The number of esters is 1. The molecule has 0 aromatic heterocycles. The molecule has 0 saturated heterocycles. The minimum atomic E-state index is -0.639. The zero-order valence-corrected chi connectivity index (χ0v) is 14.8. The van der Waals surface area contributed by atoms with Crippen LogP contribution in [-0.4, -0.2) is 38.9 Å². The Bertz CT molecular complexity index is 788. The average molecular weight is 356 g/mol. The Balaban J connectivity index is 2.31. The number of methoxy groups -OCH3 is 2. The molecule has 7 heteroatoms. The van der Waals surface area contributed by atoms with Crippen molar-refractivity contribution in [3.63, 3.8) is 0 Å². The van der Waals surface area contributed by atoms with Crippen LogP contribution in [0.5, 0.6) is 0 Å². The summed E-state index contributed by atoms with van der Waals surface area (Å²) in [6, 6.07) is 16.6. The molecule has 0 spiro atoms. The summed E-state index contributed by atoms with van der Waals surface area (Å²) >= 11 is 0. The van der Waals surface area contributed by atoms with Gasteiger partial charge < -0.3 is 19.1 Å². The van der Waals surface area contributed by atoms with Gasteiger partial charge in [-0.05, 0) is 16.8 Å². The quantitative estimate of drug-likeness (QED) is 0.330. The van der Waals surface area contributed by atoms with Gasteiger partial charge in [-0.1, -0.05) is 53.7 Å². The summed E-state index contributed by atoms with van der Waals surface area (Å²) in [4.78, 5) is 22.2. The molecule has 0 fully saturated rings. The molecule has 0 radical (unpaired) electrons. The number of oxime groups is 2. The lowest BCUT2D eigenvalue weighted by atomic mass is 10.0. The molecule has 0 aliphatic carbocycles. The van der Waals surface area contributed by atoms with E-state index in [2.05, 4.69) is 10.3 Å². The summed E-state index contributed by atoms with van der Waals surface area (Å²) in [6.45, 7) is 0.284. The molecule has 2 aromatic rings. The lowest BCUT2D eigenvalue weighted by Crippen LogP contribution is -2.21. The number of rotatable bonds is 7. The van der Waals surface area contributed by atoms with Gasteiger partial charge in [0.15, 0.2) is 5.71 Å². The van der Waals surface area contributed by atoms with Gasteiger partial charge in [0, 0.05) is 11.1 Å². The molecular weight excluding hydrogens is 336 g/mol. The topological polar surface area (TPSA) is 78.7 Å². The molecule has 2 aromatic carbocycles. The highest BCUT2D eigenvalue weighted by Gasteiger charge is 2.22. The first-order chi connectivity index (χ1) is 12.7. The van der Waals surface area contributed by atoms with Crippen molar-refractivity contribution >= 4 is 17.6 Å². The van der Waals surface area contributed by atoms with Crippen molar-refractivity contribution in [1.29, 1.82) is 0 Å². The Labute approximate surface area is 151 Å². The zero-order chi connectivity index (χ0) is 18.8. The smallest absolute Gasteiger partial charge is 0.360 e. The van der Waals surface area contributed by atoms with Crippen LogP contribution in [0.2, 0.25) is 0 Å². The standard InChI is InChI=1S/C19H20N2O5/c1-23-18(21-26-13-14-9-5-4-6-10-14)16-12-8-7-11-15(16)17(20-25-3)19(22)24-2/h4-12H,13H2,1-3H3. The maximum atomic E-state index is 12.0. The summed E-state index contributed by atoms with van der Waals surface area (Å²) < 4.78 is 10.1. The Morgan fingerprint density at radius 1 is 0.846 bits per heavy atom. The Morgan fingerprint density at radius 2 is 1.50 bits per heavy atom. The van der Waals surface area contributed by atoms with Crippen LogP contribution in [0.25, 0.3) is 0 Å². The molecule has 7 nitrogen and oxygen atoms in total. The first-order valence-electron chi connectivity index (χ1n) is 7.78. The second-order valence-corrected chi connectivity index (χ2v) is 5.02. The molecule has 0 N–H and O–H groups in total. The number of carbonyl (C=O) groups is 1. The summed E-state index contributed by atoms with van der Waals surface area (Å²) in [5.74, 6) is -0.441. The van der Waals surface area contributed by atoms with Crippen molar-refractivity contribution in [2.24, 2.45) is 10.3 Å². The van der Waals surface area contributed by atoms with Gasteiger partial charge in [-0.15, -0.1) is 0 Å². The highest BCUT2D eigenvalue weighted by atomic mass is 16.6. The fourth-order valence-electron chi connectivity index (χ4n) is 2.20. The molecule has 0 aliphatic rings. The molecule has 0 unspecified atom stereocenters. The Hall–Kier alpha value is -3.35. The first-order valence-corrected chi connectivity index (χ1v) is 7.78. The highest BCUT2D eigenvalue weighted by Crippen LogP contribution is 2.14. The van der Waals surface area contributed by atoms with Crippen molar-refractivity contribution in [2.75, 3.05) is 21.3 Å². The van der Waals surface area contributed by atoms with Gasteiger partial charge in [0.1, 0.15) is 13.7 Å². The number of hydrogen-bond donors (Lipinski definition) is 0. The molecule has 0 saturated carbocycles. The number of ether oxygens (including phenoxy) is 2. The van der Waals surface area contributed by atoms with E-state index in [1.54, 1.807) is 24.3 Å². The number of nitrogens with zero attached hydrogens (tertiary/aromatic N) is 2. The minimum Gasteiger partial charge on any atom is -0.478 e. The largest absolute Gasteiger partial charge is 0.478 e. The van der Waals surface area contributed by atoms with E-state index in [-0.39, 0.29) is 18.2 Å². The summed E-state index contributed by atoms with van der Waals surface area (Å²) in [5, 5.41) is 7.80. The summed E-state index contributed by atoms with van der Waals surface area (Å²) in [7, 11) is 4.08. The molecule has 26 heavy (non-hydrogen) atoms. The van der Waals surface area contributed by atoms with Gasteiger partial charge in [0.2, 0.25) is 0 Å². The molecule has 136 valence electrons. The summed E-state index contributed by atoms with van der Waals surface area (Å²) in [5.41, 5.74) is 1.93. The number of benzene rings is 2. The van der Waals surface area contributed by atoms with Crippen LogP contribution in [0, 0.1) is 0 Å². The van der Waals surface area contributed by atoms with Crippen LogP contribution in [0.1, 0.15) is 16.7 Å². The van der Waals surface area contributed by atoms with E-state index in [1.807, 2.05) is 30.3 Å². The fourth-order valence-corrected chi connectivity index (χ4v) is 2.20. The molecule has 0 aliphatic heterocycles. The van der Waals surface area contributed by atoms with E-state index in [1.165, 1.54) is 21.3 Å². The molecular formula is C19H20N2O5. The lowest BCUT2D eigenvalue weighted by molar-refractivity contribution is -0.132. The van der Waals surface area contributed by atoms with Crippen LogP contribution in [-0.2, 0) is 30.6 Å². The third-order valence-corrected chi connectivity index (χ3v) is 3.39. The zero-order valence-electron chi connectivity index (χ0n) is 14.8. The van der Waals surface area contributed by atoms with Crippen molar-refractivity contribution in [2.45, 2.75) is 6.61 Å². The second-order valence-electron chi connectivity index (χ2n) is 5.02. The SMILES string of the molecule is CON=C(C(=O)OC)c1ccccc1C(=NOCc1ccccc1)OC. The van der Waals surface area contributed by atoms with Crippen molar-refractivity contribution in [1.82, 2.24) is 0 Å². The second kappa shape index (κ2) is 9.83. The van der Waals surface area contributed by atoms with E-state index >= 15 is 0 Å². The lowest BCUT2D eigenvalue weighted by Gasteiger charge is -2.11. The predicted molar refractivity (Wildman–Crippen MR) is 96.8 cm³/mol. The van der Waals surface area contributed by atoms with E-state index in [0.717, 1.165) is 5.56 Å². The molecule has 0 amide bonds. The maximum absolute atomic E-state index is 12.0.